The number of benzene rings is 2. The average molecular weight is 574 g/mol. The Morgan fingerprint density at radius 3 is 2.70 bits per heavy atom. The molecule has 1 amide bonds. The van der Waals surface area contributed by atoms with E-state index in [4.69, 9.17) is 5.73 Å². The molecule has 0 fully saturated rings. The number of aromatic nitrogens is 2. The van der Waals surface area contributed by atoms with Gasteiger partial charge in [-0.1, -0.05) is 44.2 Å². The Kier molecular flexibility index (Phi) is 7.86. The molecule has 0 atom stereocenters. The molecule has 6 rings (SSSR count). The third-order valence-corrected chi connectivity index (χ3v) is 8.61. The summed E-state index contributed by atoms with van der Waals surface area (Å²) in [6, 6.07) is 20.6. The molecule has 2 aromatic carbocycles. The van der Waals surface area contributed by atoms with Crippen molar-refractivity contribution in [2.24, 2.45) is 5.73 Å². The Morgan fingerprint density at radius 2 is 1.91 bits per heavy atom. The molecule has 0 aliphatic carbocycles. The lowest BCUT2D eigenvalue weighted by atomic mass is 9.78. The fourth-order valence-corrected chi connectivity index (χ4v) is 6.50. The summed E-state index contributed by atoms with van der Waals surface area (Å²) in [5, 5.41) is 6.67. The minimum Gasteiger partial charge on any atom is -0.404 e. The van der Waals surface area contributed by atoms with Gasteiger partial charge in [-0.25, -0.2) is 4.98 Å². The molecule has 0 radical (unpaired) electrons. The number of amides is 1. The number of pyridine rings is 2. The van der Waals surface area contributed by atoms with Gasteiger partial charge in [0.25, 0.3) is 5.91 Å². The highest BCUT2D eigenvalue weighted by Crippen LogP contribution is 2.38. The number of rotatable bonds is 9. The molecule has 4 heterocycles. The Balaban J connectivity index is 1.20. The summed E-state index contributed by atoms with van der Waals surface area (Å²) in [5.41, 5.74) is 15.2. The standard InChI is InChI=1S/C35H39N7O/c1-35(2)23-41(16-13-24-8-6-15-39-33(24)37-3)21-27-17-29(11-12-30(27)35)42-22-26-7-4-10-31(32(26)34(42)43)40-20-28(18-36)25-9-5-14-38-19-25/h4-12,14-15,17-19,40H,13,16,20-23,36H2,1-3H3,(H,37,39)/b28-18-. The van der Waals surface area contributed by atoms with E-state index in [-0.39, 0.29) is 11.3 Å². The van der Waals surface area contributed by atoms with E-state index < -0.39 is 0 Å². The number of nitrogens with one attached hydrogen (secondary N) is 2. The van der Waals surface area contributed by atoms with Crippen LogP contribution in [0.25, 0.3) is 5.57 Å². The van der Waals surface area contributed by atoms with Crippen molar-refractivity contribution in [3.05, 3.63) is 119 Å². The Hall–Kier alpha value is -4.69. The predicted octanol–water partition coefficient (Wildman–Crippen LogP) is 5.43. The van der Waals surface area contributed by atoms with Crippen molar-refractivity contribution in [1.29, 1.82) is 0 Å². The van der Waals surface area contributed by atoms with Crippen LogP contribution in [0.1, 0.15) is 52.0 Å². The Bertz CT molecular complexity index is 1660. The van der Waals surface area contributed by atoms with E-state index in [2.05, 4.69) is 63.6 Å². The van der Waals surface area contributed by atoms with Crippen molar-refractivity contribution < 1.29 is 4.79 Å². The molecule has 2 aliphatic rings. The van der Waals surface area contributed by atoms with E-state index in [9.17, 15) is 4.79 Å². The van der Waals surface area contributed by atoms with Gasteiger partial charge in [0, 0.05) is 68.6 Å². The van der Waals surface area contributed by atoms with Crippen LogP contribution in [0.5, 0.6) is 0 Å². The van der Waals surface area contributed by atoms with Gasteiger partial charge in [-0.15, -0.1) is 0 Å². The SMILES string of the molecule is CNc1ncccc1CCN1Cc2cc(N3Cc4cccc(NC/C(=C/N)c5cccnc5)c4C3=O)ccc2C(C)(C)C1. The van der Waals surface area contributed by atoms with Gasteiger partial charge in [0.2, 0.25) is 0 Å². The number of hydrogen-bond acceptors (Lipinski definition) is 7. The molecular weight excluding hydrogens is 534 g/mol. The normalized spacial score (nSPS) is 16.1. The van der Waals surface area contributed by atoms with Crippen molar-refractivity contribution in [3.8, 4) is 0 Å². The van der Waals surface area contributed by atoms with E-state index in [1.54, 1.807) is 18.6 Å². The van der Waals surface area contributed by atoms with Crippen molar-refractivity contribution in [2.75, 3.05) is 42.2 Å². The second-order valence-electron chi connectivity index (χ2n) is 12.0. The maximum absolute atomic E-state index is 13.9. The number of carbonyl (C=O) groups is 1. The van der Waals surface area contributed by atoms with Gasteiger partial charge in [-0.05, 0) is 76.3 Å². The fourth-order valence-electron chi connectivity index (χ4n) is 6.50. The first-order chi connectivity index (χ1) is 20.9. The zero-order valence-electron chi connectivity index (χ0n) is 25.1. The van der Waals surface area contributed by atoms with Crippen LogP contribution in [-0.4, -0.2) is 47.5 Å². The van der Waals surface area contributed by atoms with Crippen LogP contribution >= 0.6 is 0 Å². The quantitative estimate of drug-likeness (QED) is 0.246. The van der Waals surface area contributed by atoms with Crippen molar-refractivity contribution >= 4 is 28.7 Å². The van der Waals surface area contributed by atoms with Crippen LogP contribution in [-0.2, 0) is 24.9 Å². The number of fused-ring (bicyclic) bond motifs is 2. The molecule has 2 aromatic heterocycles. The summed E-state index contributed by atoms with van der Waals surface area (Å²) in [7, 11) is 1.92. The first-order valence-corrected chi connectivity index (χ1v) is 14.8. The van der Waals surface area contributed by atoms with Crippen molar-refractivity contribution in [3.63, 3.8) is 0 Å². The molecule has 4 aromatic rings. The third-order valence-electron chi connectivity index (χ3n) is 8.61. The average Bonchev–Trinajstić information content (AvgIpc) is 3.37. The van der Waals surface area contributed by atoms with Crippen molar-refractivity contribution in [2.45, 2.75) is 38.8 Å². The molecule has 0 saturated carbocycles. The highest BCUT2D eigenvalue weighted by molar-refractivity contribution is 6.13. The number of carbonyl (C=O) groups excluding carboxylic acids is 1. The highest BCUT2D eigenvalue weighted by atomic mass is 16.2. The molecule has 2 aliphatic heterocycles. The number of nitrogens with two attached hydrogens (primary N) is 1. The van der Waals surface area contributed by atoms with E-state index in [1.165, 1.54) is 16.7 Å². The molecule has 220 valence electrons. The summed E-state index contributed by atoms with van der Waals surface area (Å²) in [6.45, 7) is 8.43. The maximum atomic E-state index is 13.9. The molecule has 4 N–H and O–H groups in total. The van der Waals surface area contributed by atoms with Crippen LogP contribution in [0.15, 0.2) is 85.5 Å². The van der Waals surface area contributed by atoms with Gasteiger partial charge in [-0.2, -0.15) is 0 Å². The number of anilines is 3. The van der Waals surface area contributed by atoms with Gasteiger partial charge >= 0.3 is 0 Å². The molecule has 8 nitrogen and oxygen atoms in total. The smallest absolute Gasteiger partial charge is 0.261 e. The molecule has 0 unspecified atom stereocenters. The minimum atomic E-state index is 0.00441. The molecule has 8 heteroatoms. The summed E-state index contributed by atoms with van der Waals surface area (Å²) in [4.78, 5) is 27.0. The Morgan fingerprint density at radius 1 is 1.05 bits per heavy atom. The van der Waals surface area contributed by atoms with Crippen LogP contribution in [0.2, 0.25) is 0 Å². The second kappa shape index (κ2) is 11.9. The summed E-state index contributed by atoms with van der Waals surface area (Å²) >= 11 is 0. The predicted molar refractivity (Wildman–Crippen MR) is 174 cm³/mol. The largest absolute Gasteiger partial charge is 0.404 e. The fraction of sp³-hybridized carbons (Fsp3) is 0.286. The Labute approximate surface area is 253 Å². The van der Waals surface area contributed by atoms with Crippen LogP contribution in [0, 0.1) is 0 Å². The molecular formula is C35H39N7O. The number of nitrogens with zero attached hydrogens (tertiary/aromatic N) is 4. The zero-order valence-corrected chi connectivity index (χ0v) is 25.1. The van der Waals surface area contributed by atoms with E-state index >= 15 is 0 Å². The highest BCUT2D eigenvalue weighted by Gasteiger charge is 2.35. The first kappa shape index (κ1) is 28.4. The molecule has 43 heavy (non-hydrogen) atoms. The summed E-state index contributed by atoms with van der Waals surface area (Å²) in [5.74, 6) is 0.954. The van der Waals surface area contributed by atoms with Gasteiger partial charge in [0.1, 0.15) is 5.82 Å². The lowest BCUT2D eigenvalue weighted by molar-refractivity contribution is 0.0997. The molecule has 0 spiro atoms. The molecule has 0 bridgehead atoms. The summed E-state index contributed by atoms with van der Waals surface area (Å²) < 4.78 is 0. The topological polar surface area (TPSA) is 99.4 Å². The molecule has 0 saturated heterocycles. The van der Waals surface area contributed by atoms with Crippen LogP contribution in [0.3, 0.4) is 0 Å². The van der Waals surface area contributed by atoms with Gasteiger partial charge in [0.05, 0.1) is 12.1 Å². The maximum Gasteiger partial charge on any atom is 0.261 e. The summed E-state index contributed by atoms with van der Waals surface area (Å²) in [6.07, 6.45) is 7.87. The monoisotopic (exact) mass is 573 g/mol. The van der Waals surface area contributed by atoms with Gasteiger partial charge < -0.3 is 21.3 Å². The van der Waals surface area contributed by atoms with E-state index in [0.29, 0.717) is 13.1 Å². The van der Waals surface area contributed by atoms with Crippen LogP contribution < -0.4 is 21.3 Å². The van der Waals surface area contributed by atoms with Gasteiger partial charge in [0.15, 0.2) is 0 Å². The lowest BCUT2D eigenvalue weighted by Crippen LogP contribution is -2.43. The zero-order chi connectivity index (χ0) is 30.0. The third kappa shape index (κ3) is 5.70. The minimum absolute atomic E-state index is 0.00441. The van der Waals surface area contributed by atoms with Crippen molar-refractivity contribution in [1.82, 2.24) is 14.9 Å². The second-order valence-corrected chi connectivity index (χ2v) is 12.0. The van der Waals surface area contributed by atoms with E-state index in [1.807, 2.05) is 54.5 Å². The van der Waals surface area contributed by atoms with E-state index in [0.717, 1.165) is 65.5 Å². The number of hydrogen-bond donors (Lipinski definition) is 3. The first-order valence-electron chi connectivity index (χ1n) is 14.8. The van der Waals surface area contributed by atoms with Gasteiger partial charge in [-0.3, -0.25) is 14.7 Å². The lowest BCUT2D eigenvalue weighted by Gasteiger charge is -2.40. The van der Waals surface area contributed by atoms with Crippen LogP contribution in [0.4, 0.5) is 17.2 Å².